The minimum absolute atomic E-state index is 0.0370. The Morgan fingerprint density at radius 2 is 0.901 bits per heavy atom. The number of unbranched alkanes of at least 4 members (excludes halogenated alkanes) is 1. The van der Waals surface area contributed by atoms with Gasteiger partial charge in [0.15, 0.2) is 23.1 Å². The molecule has 3 aromatic carbocycles. The number of benzene rings is 3. The van der Waals surface area contributed by atoms with Crippen molar-refractivity contribution in [3.63, 3.8) is 0 Å². The van der Waals surface area contributed by atoms with E-state index < -0.39 is 5.41 Å². The van der Waals surface area contributed by atoms with E-state index in [1.54, 1.807) is 32.4 Å². The number of anilines is 2. The average molecular weight is 1240 g/mol. The lowest BCUT2D eigenvalue weighted by atomic mass is 9.69. The lowest BCUT2D eigenvalue weighted by Crippen LogP contribution is -2.48. The molecule has 0 N–H and O–H groups in total. The number of hydrogen-bond acceptors (Lipinski definition) is 11. The van der Waals surface area contributed by atoms with E-state index in [0.29, 0.717) is 39.7 Å². The van der Waals surface area contributed by atoms with Crippen LogP contribution in [-0.4, -0.2) is 112 Å². The second-order valence-corrected chi connectivity index (χ2v) is 32.5. The van der Waals surface area contributed by atoms with Gasteiger partial charge in [-0.25, -0.2) is 0 Å². The first-order valence-corrected chi connectivity index (χ1v) is 34.0. The second kappa shape index (κ2) is 27.9. The normalized spacial score (nSPS) is 20.0. The molecule has 7 rings (SSSR count). The highest BCUT2D eigenvalue weighted by Gasteiger charge is 2.43. The summed E-state index contributed by atoms with van der Waals surface area (Å²) in [6.45, 7) is 48.3. The first kappa shape index (κ1) is 71.8. The van der Waals surface area contributed by atoms with Crippen LogP contribution in [0.3, 0.4) is 0 Å². The molecule has 91 heavy (non-hydrogen) atoms. The van der Waals surface area contributed by atoms with Crippen molar-refractivity contribution in [2.24, 2.45) is 27.6 Å². The Kier molecular flexibility index (Phi) is 22.0. The number of rotatable bonds is 24. The summed E-state index contributed by atoms with van der Waals surface area (Å²) < 4.78 is 11.8. The van der Waals surface area contributed by atoms with Gasteiger partial charge in [-0.2, -0.15) is 0 Å². The molecule has 2 unspecified atom stereocenters. The number of hydrogen-bond donors (Lipinski definition) is 0. The zero-order valence-corrected chi connectivity index (χ0v) is 60.3. The fraction of sp³-hybridized carbons (Fsp3) is 0.575. The summed E-state index contributed by atoms with van der Waals surface area (Å²) in [6.07, 6.45) is 24.8. The van der Waals surface area contributed by atoms with Gasteiger partial charge < -0.3 is 34.0 Å². The van der Waals surface area contributed by atoms with Crippen LogP contribution < -0.4 is 14.4 Å². The van der Waals surface area contributed by atoms with Crippen LogP contribution in [0.15, 0.2) is 120 Å². The zero-order valence-electron chi connectivity index (χ0n) is 60.3. The second-order valence-electron chi connectivity index (χ2n) is 32.5. The summed E-state index contributed by atoms with van der Waals surface area (Å²) >= 11 is 0. The van der Waals surface area contributed by atoms with E-state index in [2.05, 4.69) is 206 Å². The average Bonchev–Trinajstić information content (AvgIpc) is 0.817. The minimum atomic E-state index is -0.437. The predicted octanol–water partition coefficient (Wildman–Crippen LogP) is 18.7. The highest BCUT2D eigenvalue weighted by Crippen LogP contribution is 2.47. The van der Waals surface area contributed by atoms with Gasteiger partial charge in [-0.05, 0) is 234 Å². The Morgan fingerprint density at radius 3 is 1.31 bits per heavy atom. The lowest BCUT2D eigenvalue weighted by molar-refractivity contribution is -0.113. The fourth-order valence-electron chi connectivity index (χ4n) is 13.4. The Bertz CT molecular complexity index is 3310. The highest BCUT2D eigenvalue weighted by molar-refractivity contribution is 6.11. The van der Waals surface area contributed by atoms with Crippen molar-refractivity contribution in [2.45, 2.75) is 225 Å². The maximum absolute atomic E-state index is 15.0. The first-order chi connectivity index (χ1) is 42.3. The summed E-state index contributed by atoms with van der Waals surface area (Å²) in [6, 6.07) is 20.1. The molecule has 4 heterocycles. The molecule has 11 nitrogen and oxygen atoms in total. The van der Waals surface area contributed by atoms with Crippen LogP contribution >= 0.6 is 0 Å². The van der Waals surface area contributed by atoms with Gasteiger partial charge in [0.2, 0.25) is 0 Å². The molecule has 11 heteroatoms. The Labute approximate surface area is 550 Å². The molecule has 0 aromatic heterocycles. The van der Waals surface area contributed by atoms with E-state index in [0.717, 1.165) is 124 Å². The smallest absolute Gasteiger partial charge is 0.191 e. The van der Waals surface area contributed by atoms with Crippen LogP contribution in [0.4, 0.5) is 11.4 Å². The molecule has 0 radical (unpaired) electrons. The third-order valence-electron chi connectivity index (χ3n) is 20.8. The molecule has 0 spiro atoms. The SMILES string of the molecule is CCCCC(CC)CN(c1ccc(C(=O)C2=CN(C(C)(C)C)CCC2(C)C)cc1)c1ccc(C(=O)C2=CN(C(C)(C)CCC3(C)CCN(C(C)(C)C)C=C3C(=O)/C=C/c3cc(OC)c(/C=C/C(=O)C4=CN(C(C)(C)C)CCC4(C)C)cc3OC)CCC2(C)C)cc1. The van der Waals surface area contributed by atoms with Gasteiger partial charge in [-0.15, -0.1) is 0 Å². The highest BCUT2D eigenvalue weighted by atomic mass is 16.5. The molecular weight excluding hydrogens is 1130 g/mol. The molecule has 0 aliphatic carbocycles. The van der Waals surface area contributed by atoms with Crippen LogP contribution in [-0.2, 0) is 9.59 Å². The van der Waals surface area contributed by atoms with Gasteiger partial charge in [0.25, 0.3) is 0 Å². The molecular formula is C80H115N5O6. The van der Waals surface area contributed by atoms with Crippen molar-refractivity contribution in [3.8, 4) is 11.5 Å². The largest absolute Gasteiger partial charge is 0.496 e. The number of ketones is 4. The van der Waals surface area contributed by atoms with E-state index in [-0.39, 0.29) is 61.5 Å². The lowest BCUT2D eigenvalue weighted by Gasteiger charge is -2.48. The summed E-state index contributed by atoms with van der Waals surface area (Å²) in [4.78, 5) is 69.7. The van der Waals surface area contributed by atoms with Crippen molar-refractivity contribution in [2.75, 3.05) is 51.8 Å². The Morgan fingerprint density at radius 1 is 0.527 bits per heavy atom. The third-order valence-corrected chi connectivity index (χ3v) is 20.8. The maximum Gasteiger partial charge on any atom is 0.191 e. The van der Waals surface area contributed by atoms with Crippen LogP contribution in [0, 0.1) is 27.6 Å². The molecule has 0 saturated carbocycles. The van der Waals surface area contributed by atoms with Gasteiger partial charge in [0, 0.05) is 136 Å². The Balaban J connectivity index is 1.10. The quantitative estimate of drug-likeness (QED) is 0.0633. The molecule has 0 saturated heterocycles. The van der Waals surface area contributed by atoms with E-state index >= 15 is 4.79 Å². The summed E-state index contributed by atoms with van der Waals surface area (Å²) in [5.74, 6) is 1.61. The number of allylic oxidation sites excluding steroid dienone is 6. The van der Waals surface area contributed by atoms with E-state index in [1.807, 2.05) is 48.7 Å². The summed E-state index contributed by atoms with van der Waals surface area (Å²) in [5, 5.41) is 0. The monoisotopic (exact) mass is 1240 g/mol. The van der Waals surface area contributed by atoms with Crippen LogP contribution in [0.25, 0.3) is 12.2 Å². The number of carbonyl (C=O) groups excluding carboxylic acids is 4. The van der Waals surface area contributed by atoms with Crippen LogP contribution in [0.5, 0.6) is 11.5 Å². The van der Waals surface area contributed by atoms with Crippen molar-refractivity contribution >= 4 is 46.7 Å². The van der Waals surface area contributed by atoms with E-state index in [1.165, 1.54) is 6.42 Å². The zero-order chi connectivity index (χ0) is 67.5. The van der Waals surface area contributed by atoms with E-state index in [9.17, 15) is 14.4 Å². The van der Waals surface area contributed by atoms with Gasteiger partial charge in [0.1, 0.15) is 11.5 Å². The first-order valence-electron chi connectivity index (χ1n) is 34.0. The predicted molar refractivity (Wildman–Crippen MR) is 379 cm³/mol. The van der Waals surface area contributed by atoms with Crippen LogP contribution in [0.2, 0.25) is 0 Å². The fourth-order valence-corrected chi connectivity index (χ4v) is 13.4. The molecule has 0 bridgehead atoms. The van der Waals surface area contributed by atoms with E-state index in [4.69, 9.17) is 9.47 Å². The number of methoxy groups -OCH3 is 2. The van der Waals surface area contributed by atoms with Gasteiger partial charge in [-0.3, -0.25) is 19.2 Å². The summed E-state index contributed by atoms with van der Waals surface area (Å²) in [5.41, 5.74) is 6.01. The van der Waals surface area contributed by atoms with Gasteiger partial charge >= 0.3 is 0 Å². The maximum atomic E-state index is 15.0. The van der Waals surface area contributed by atoms with Gasteiger partial charge in [0.05, 0.1) is 14.2 Å². The van der Waals surface area contributed by atoms with Gasteiger partial charge in [-0.1, -0.05) is 81.6 Å². The Hall–Kier alpha value is -6.62. The number of nitrogens with zero attached hydrogens (tertiary/aromatic N) is 5. The van der Waals surface area contributed by atoms with Crippen molar-refractivity contribution in [1.82, 2.24) is 19.6 Å². The number of ether oxygens (including phenoxy) is 2. The standard InChI is InChI=1S/C80H115N5O6/c1-23-25-26-56(24-2)51-85(61-33-27-57(28-34-61)71(88)65-54-82(74(6,7)8)46-42-77(65,14)15)62-35-29-58(30-36-62)72(89)66-55-84(47-43-78(66,16)17)79(18,19)39-40-80(20)44-48-83(75(9,10)11)53-64(80)68(87)38-32-60-50-69(90-21)59(49-70(60)91-22)31-37-67(86)63-52-81(73(3,4)5)45-41-76(63,12)13/h27-38,49-50,52-56H,23-26,39-48,51H2,1-22H3/b37-31+,38-32+. The topological polar surface area (TPSA) is 103 Å². The third kappa shape index (κ3) is 17.0. The van der Waals surface area contributed by atoms with Crippen molar-refractivity contribution in [1.29, 1.82) is 0 Å². The molecule has 4 aliphatic heterocycles. The number of carbonyl (C=O) groups is 4. The molecule has 2 atom stereocenters. The molecule has 0 fully saturated rings. The molecule has 3 aromatic rings. The van der Waals surface area contributed by atoms with Crippen molar-refractivity contribution < 1.29 is 28.7 Å². The van der Waals surface area contributed by atoms with Crippen LogP contribution in [0.1, 0.15) is 235 Å². The molecule has 4 aliphatic rings. The minimum Gasteiger partial charge on any atom is -0.496 e. The summed E-state index contributed by atoms with van der Waals surface area (Å²) in [7, 11) is 3.23. The number of Topliss-reactive ketones (excluding diaryl/α,β-unsaturated/α-hetero) is 2. The van der Waals surface area contributed by atoms with Crippen molar-refractivity contribution in [3.05, 3.63) is 142 Å². The molecule has 0 amide bonds. The molecule has 496 valence electrons.